The largest absolute Gasteiger partial charge is 0.382 e. The average molecular weight is 328 g/mol. The number of β-amino-alcohol motifs (C(OH)–C–C–N with tert-alkyl or cyclic N) is 1. The number of nitrogens with zero attached hydrogens (tertiary/aromatic N) is 4. The van der Waals surface area contributed by atoms with Crippen LogP contribution >= 0.6 is 0 Å². The van der Waals surface area contributed by atoms with Gasteiger partial charge >= 0.3 is 0 Å². The average Bonchev–Trinajstić information content (AvgIpc) is 2.97. The summed E-state index contributed by atoms with van der Waals surface area (Å²) in [5.74, 6) is 0.772. The van der Waals surface area contributed by atoms with E-state index in [-0.39, 0.29) is 18.3 Å². The fourth-order valence-electron chi connectivity index (χ4n) is 2.80. The molecule has 1 N–H and O–H groups in total. The summed E-state index contributed by atoms with van der Waals surface area (Å²) in [6.07, 6.45) is 5.12. The first-order valence-electron chi connectivity index (χ1n) is 7.93. The Balaban J connectivity index is 1.69. The summed E-state index contributed by atoms with van der Waals surface area (Å²) in [7, 11) is -3.29. The summed E-state index contributed by atoms with van der Waals surface area (Å²) in [5.41, 5.74) is -0.763. The molecule has 2 heterocycles. The first-order valence-corrected chi connectivity index (χ1v) is 9.54. The molecule has 2 aliphatic rings. The molecular weight excluding hydrogens is 304 g/mol. The Morgan fingerprint density at radius 2 is 2.18 bits per heavy atom. The van der Waals surface area contributed by atoms with Gasteiger partial charge in [0.05, 0.1) is 11.9 Å². The minimum absolute atomic E-state index is 0.0801. The van der Waals surface area contributed by atoms with Crippen LogP contribution in [0.25, 0.3) is 0 Å². The topological polar surface area (TPSA) is 88.3 Å². The van der Waals surface area contributed by atoms with Crippen molar-refractivity contribution in [3.63, 3.8) is 0 Å². The lowest BCUT2D eigenvalue weighted by Crippen LogP contribution is -2.36. The maximum atomic E-state index is 12.4. The lowest BCUT2D eigenvalue weighted by atomic mass is 10.00. The Labute approximate surface area is 131 Å². The number of hydrogen-bond acceptors (Lipinski definition) is 5. The molecule has 1 saturated carbocycles. The van der Waals surface area contributed by atoms with E-state index in [4.69, 9.17) is 0 Å². The van der Waals surface area contributed by atoms with Crippen LogP contribution in [0.15, 0.2) is 6.20 Å². The second-order valence-corrected chi connectivity index (χ2v) is 8.93. The van der Waals surface area contributed by atoms with Crippen molar-refractivity contribution < 1.29 is 13.5 Å². The molecular formula is C14H24N4O3S. The standard InChI is InChI=1S/C14H24N4O3S/c1-11(2)18-9-13(15-16-18)14(19)6-7-17(10-14)22(20,21)8-5-12-3-4-12/h9,11-12,19H,3-8,10H2,1-2H3. The maximum absolute atomic E-state index is 12.4. The highest BCUT2D eigenvalue weighted by Gasteiger charge is 2.44. The first kappa shape index (κ1) is 15.9. The summed E-state index contributed by atoms with van der Waals surface area (Å²) < 4.78 is 27.8. The van der Waals surface area contributed by atoms with E-state index in [1.54, 1.807) is 10.9 Å². The number of sulfonamides is 1. The summed E-state index contributed by atoms with van der Waals surface area (Å²) in [6, 6.07) is 0.157. The van der Waals surface area contributed by atoms with E-state index in [2.05, 4.69) is 10.3 Å². The molecule has 1 aromatic heterocycles. The SMILES string of the molecule is CC(C)n1cc(C2(O)CCN(S(=O)(=O)CCC3CC3)C2)nn1. The van der Waals surface area contributed by atoms with Gasteiger partial charge in [-0.15, -0.1) is 5.10 Å². The Kier molecular flexibility index (Phi) is 4.03. The number of hydrogen-bond donors (Lipinski definition) is 1. The van der Waals surface area contributed by atoms with Gasteiger partial charge in [-0.1, -0.05) is 18.1 Å². The van der Waals surface area contributed by atoms with Crippen molar-refractivity contribution in [2.75, 3.05) is 18.8 Å². The summed E-state index contributed by atoms with van der Waals surface area (Å²) in [4.78, 5) is 0. The number of aliphatic hydroxyl groups is 1. The van der Waals surface area contributed by atoms with Crippen LogP contribution < -0.4 is 0 Å². The molecule has 1 unspecified atom stereocenters. The van der Waals surface area contributed by atoms with Crippen molar-refractivity contribution >= 4 is 10.0 Å². The lowest BCUT2D eigenvalue weighted by molar-refractivity contribution is 0.0484. The summed E-state index contributed by atoms with van der Waals surface area (Å²) in [6.45, 7) is 4.38. The zero-order valence-corrected chi connectivity index (χ0v) is 14.0. The van der Waals surface area contributed by atoms with E-state index < -0.39 is 15.6 Å². The zero-order chi connectivity index (χ0) is 16.0. The van der Waals surface area contributed by atoms with Gasteiger partial charge in [0.25, 0.3) is 0 Å². The van der Waals surface area contributed by atoms with Gasteiger partial charge in [0.2, 0.25) is 10.0 Å². The summed E-state index contributed by atoms with van der Waals surface area (Å²) in [5, 5.41) is 18.8. The van der Waals surface area contributed by atoms with Crippen molar-refractivity contribution in [2.24, 2.45) is 5.92 Å². The Bertz CT molecular complexity index is 638. The Morgan fingerprint density at radius 3 is 2.77 bits per heavy atom. The van der Waals surface area contributed by atoms with Crippen molar-refractivity contribution in [3.05, 3.63) is 11.9 Å². The van der Waals surface area contributed by atoms with E-state index in [1.165, 1.54) is 4.31 Å². The molecule has 0 amide bonds. The molecule has 1 aromatic rings. The second-order valence-electron chi connectivity index (χ2n) is 6.84. The number of rotatable bonds is 6. The van der Waals surface area contributed by atoms with E-state index in [9.17, 15) is 13.5 Å². The Hall–Kier alpha value is -0.990. The molecule has 1 aliphatic carbocycles. The van der Waals surface area contributed by atoms with Crippen LogP contribution in [0.2, 0.25) is 0 Å². The molecule has 0 spiro atoms. The third-order valence-corrected chi connectivity index (χ3v) is 6.45. The quantitative estimate of drug-likeness (QED) is 0.837. The highest BCUT2D eigenvalue weighted by Crippen LogP contribution is 2.35. The van der Waals surface area contributed by atoms with E-state index >= 15 is 0 Å². The van der Waals surface area contributed by atoms with Crippen LogP contribution in [0, 0.1) is 5.92 Å². The molecule has 0 radical (unpaired) electrons. The molecule has 8 heteroatoms. The summed E-state index contributed by atoms with van der Waals surface area (Å²) >= 11 is 0. The third kappa shape index (κ3) is 3.18. The smallest absolute Gasteiger partial charge is 0.214 e. The van der Waals surface area contributed by atoms with Gasteiger partial charge in [-0.05, 0) is 32.6 Å². The van der Waals surface area contributed by atoms with Crippen LogP contribution in [0.5, 0.6) is 0 Å². The zero-order valence-electron chi connectivity index (χ0n) is 13.1. The lowest BCUT2D eigenvalue weighted by Gasteiger charge is -2.21. The van der Waals surface area contributed by atoms with E-state index in [0.717, 1.165) is 19.3 Å². The monoisotopic (exact) mass is 328 g/mol. The third-order valence-electron chi connectivity index (χ3n) is 4.60. The highest BCUT2D eigenvalue weighted by molar-refractivity contribution is 7.89. The van der Waals surface area contributed by atoms with Gasteiger partial charge in [0, 0.05) is 19.1 Å². The van der Waals surface area contributed by atoms with Crippen LogP contribution in [0.3, 0.4) is 0 Å². The molecule has 0 aromatic carbocycles. The van der Waals surface area contributed by atoms with Crippen LogP contribution in [-0.4, -0.2) is 51.7 Å². The van der Waals surface area contributed by atoms with Gasteiger partial charge in [-0.2, -0.15) is 4.31 Å². The predicted molar refractivity (Wildman–Crippen MR) is 81.6 cm³/mol. The van der Waals surface area contributed by atoms with Gasteiger partial charge in [-0.25, -0.2) is 13.1 Å². The van der Waals surface area contributed by atoms with Crippen molar-refractivity contribution in [1.29, 1.82) is 0 Å². The molecule has 0 bridgehead atoms. The van der Waals surface area contributed by atoms with Crippen LogP contribution in [0.4, 0.5) is 0 Å². The maximum Gasteiger partial charge on any atom is 0.214 e. The van der Waals surface area contributed by atoms with Crippen LogP contribution in [0.1, 0.15) is 51.3 Å². The fourth-order valence-corrected chi connectivity index (χ4v) is 4.47. The molecule has 7 nitrogen and oxygen atoms in total. The molecule has 2 fully saturated rings. The highest BCUT2D eigenvalue weighted by atomic mass is 32.2. The van der Waals surface area contributed by atoms with Crippen molar-refractivity contribution in [2.45, 2.75) is 51.2 Å². The van der Waals surface area contributed by atoms with Crippen LogP contribution in [-0.2, 0) is 15.6 Å². The molecule has 3 rings (SSSR count). The van der Waals surface area contributed by atoms with Crippen molar-refractivity contribution in [1.82, 2.24) is 19.3 Å². The fraction of sp³-hybridized carbons (Fsp3) is 0.857. The molecule has 1 aliphatic heterocycles. The molecule has 1 saturated heterocycles. The molecule has 22 heavy (non-hydrogen) atoms. The minimum Gasteiger partial charge on any atom is -0.382 e. The molecule has 124 valence electrons. The molecule has 1 atom stereocenters. The van der Waals surface area contributed by atoms with Gasteiger partial charge < -0.3 is 5.11 Å². The first-order chi connectivity index (χ1) is 10.3. The minimum atomic E-state index is -3.29. The second kappa shape index (κ2) is 5.58. The predicted octanol–water partition coefficient (Wildman–Crippen LogP) is 0.882. The Morgan fingerprint density at radius 1 is 1.45 bits per heavy atom. The van der Waals surface area contributed by atoms with Gasteiger partial charge in [0.15, 0.2) is 0 Å². The van der Waals surface area contributed by atoms with Crippen molar-refractivity contribution in [3.8, 4) is 0 Å². The van der Waals surface area contributed by atoms with E-state index in [1.807, 2.05) is 13.8 Å². The van der Waals surface area contributed by atoms with Gasteiger partial charge in [0.1, 0.15) is 11.3 Å². The normalized spacial score (nSPS) is 26.9. The number of aromatic nitrogens is 3. The van der Waals surface area contributed by atoms with E-state index in [0.29, 0.717) is 24.6 Å². The van der Waals surface area contributed by atoms with Gasteiger partial charge in [-0.3, -0.25) is 0 Å².